The van der Waals surface area contributed by atoms with E-state index in [4.69, 9.17) is 9.47 Å². The molecule has 0 saturated heterocycles. The number of rotatable bonds is 4. The third-order valence-electron chi connectivity index (χ3n) is 4.49. The van der Waals surface area contributed by atoms with Crippen molar-refractivity contribution < 1.29 is 19.4 Å². The molecule has 1 heterocycles. The summed E-state index contributed by atoms with van der Waals surface area (Å²) in [5.41, 5.74) is 1.39. The van der Waals surface area contributed by atoms with E-state index in [1.54, 1.807) is 31.4 Å². The fourth-order valence-corrected chi connectivity index (χ4v) is 2.90. The van der Waals surface area contributed by atoms with Crippen molar-refractivity contribution in [3.63, 3.8) is 0 Å². The molecule has 0 aromatic heterocycles. The third-order valence-corrected chi connectivity index (χ3v) is 4.49. The Hall–Kier alpha value is -2.59. The van der Waals surface area contributed by atoms with Crippen molar-refractivity contribution in [2.24, 2.45) is 0 Å². The minimum absolute atomic E-state index is 0.144. The Morgan fingerprint density at radius 1 is 1.24 bits per heavy atom. The lowest BCUT2D eigenvalue weighted by Gasteiger charge is -2.38. The smallest absolute Gasteiger partial charge is 0.189 e. The number of ether oxygens (including phenoxy) is 2. The van der Waals surface area contributed by atoms with Crippen LogP contribution in [0.1, 0.15) is 35.3 Å². The van der Waals surface area contributed by atoms with Crippen molar-refractivity contribution in [3.8, 4) is 11.5 Å². The van der Waals surface area contributed by atoms with Gasteiger partial charge in [-0.3, -0.25) is 4.79 Å². The largest absolute Gasteiger partial charge is 0.496 e. The van der Waals surface area contributed by atoms with Gasteiger partial charge in [0.1, 0.15) is 17.1 Å². The van der Waals surface area contributed by atoms with Crippen molar-refractivity contribution in [2.75, 3.05) is 7.11 Å². The van der Waals surface area contributed by atoms with Crippen molar-refractivity contribution in [1.29, 1.82) is 0 Å². The van der Waals surface area contributed by atoms with Gasteiger partial charge in [-0.15, -0.1) is 0 Å². The molecule has 0 saturated carbocycles. The summed E-state index contributed by atoms with van der Waals surface area (Å²) in [5, 5.41) is 10.3. The average Bonchev–Trinajstić information content (AvgIpc) is 2.60. The van der Waals surface area contributed by atoms with Gasteiger partial charge in [0.05, 0.1) is 18.8 Å². The lowest BCUT2D eigenvalue weighted by atomic mass is 9.88. The number of hydrogen-bond donors (Lipinski definition) is 1. The second kappa shape index (κ2) is 6.73. The summed E-state index contributed by atoms with van der Waals surface area (Å²) in [6.45, 7) is 3.63. The number of benzene rings is 2. The number of methoxy groups -OCH3 is 1. The fraction of sp³-hybridized carbons (Fsp3) is 0.286. The summed E-state index contributed by atoms with van der Waals surface area (Å²) in [6.07, 6.45) is 3.04. The van der Waals surface area contributed by atoms with E-state index in [1.165, 1.54) is 0 Å². The van der Waals surface area contributed by atoms with Gasteiger partial charge in [0.15, 0.2) is 5.78 Å². The van der Waals surface area contributed by atoms with E-state index in [2.05, 4.69) is 0 Å². The van der Waals surface area contributed by atoms with Crippen molar-refractivity contribution in [3.05, 3.63) is 65.2 Å². The predicted molar refractivity (Wildman–Crippen MR) is 97.2 cm³/mol. The van der Waals surface area contributed by atoms with Gasteiger partial charge < -0.3 is 14.6 Å². The summed E-state index contributed by atoms with van der Waals surface area (Å²) in [4.78, 5) is 12.7. The molecule has 0 aliphatic carbocycles. The molecule has 0 bridgehead atoms. The molecule has 0 spiro atoms. The molecule has 4 heteroatoms. The first-order valence-corrected chi connectivity index (χ1v) is 8.27. The predicted octanol–water partition coefficient (Wildman–Crippen LogP) is 3.67. The second-order valence-corrected chi connectivity index (χ2v) is 6.66. The van der Waals surface area contributed by atoms with Crippen LogP contribution in [0.5, 0.6) is 11.5 Å². The van der Waals surface area contributed by atoms with E-state index in [1.807, 2.05) is 44.2 Å². The molecular weight excluding hydrogens is 316 g/mol. The highest BCUT2D eigenvalue weighted by Crippen LogP contribution is 2.41. The van der Waals surface area contributed by atoms with Crippen molar-refractivity contribution in [1.82, 2.24) is 0 Å². The standard InChI is InChI=1S/C21H22O4/c1-21(2)19(23)13-16-18(24-3)12-10-15(20(16)25-21)17(22)11-9-14-7-5-4-6-8-14/h4-12,19,23H,13H2,1-3H3. The Morgan fingerprint density at radius 2 is 1.96 bits per heavy atom. The number of allylic oxidation sites excluding steroid dienone is 1. The maximum Gasteiger partial charge on any atom is 0.189 e. The van der Waals surface area contributed by atoms with Crippen LogP contribution >= 0.6 is 0 Å². The van der Waals surface area contributed by atoms with Crippen LogP contribution in [0, 0.1) is 0 Å². The topological polar surface area (TPSA) is 55.8 Å². The third kappa shape index (κ3) is 3.44. The van der Waals surface area contributed by atoms with Gasteiger partial charge in [-0.1, -0.05) is 36.4 Å². The van der Waals surface area contributed by atoms with Crippen LogP contribution in [0.2, 0.25) is 0 Å². The molecule has 25 heavy (non-hydrogen) atoms. The molecule has 1 unspecified atom stereocenters. The number of fused-ring (bicyclic) bond motifs is 1. The van der Waals surface area contributed by atoms with Gasteiger partial charge in [-0.25, -0.2) is 0 Å². The zero-order valence-corrected chi connectivity index (χ0v) is 14.7. The van der Waals surface area contributed by atoms with Crippen LogP contribution < -0.4 is 9.47 Å². The molecule has 1 atom stereocenters. The molecule has 1 aliphatic heterocycles. The molecule has 3 rings (SSSR count). The van der Waals surface area contributed by atoms with Crippen LogP contribution in [-0.2, 0) is 6.42 Å². The number of carbonyl (C=O) groups is 1. The minimum Gasteiger partial charge on any atom is -0.496 e. The SMILES string of the molecule is COc1ccc(C(=O)C=Cc2ccccc2)c2c1CC(O)C(C)(C)O2. The van der Waals surface area contributed by atoms with E-state index in [-0.39, 0.29) is 5.78 Å². The first-order valence-electron chi connectivity index (χ1n) is 8.27. The number of ketones is 1. The maximum absolute atomic E-state index is 12.7. The molecular formula is C21H22O4. The van der Waals surface area contributed by atoms with Crippen LogP contribution in [0.25, 0.3) is 6.08 Å². The number of aliphatic hydroxyl groups excluding tert-OH is 1. The Balaban J connectivity index is 1.99. The zero-order valence-electron chi connectivity index (χ0n) is 14.7. The molecule has 0 radical (unpaired) electrons. The summed E-state index contributed by atoms with van der Waals surface area (Å²) in [6, 6.07) is 13.1. The number of aliphatic hydroxyl groups is 1. The van der Waals surface area contributed by atoms with E-state index in [0.29, 0.717) is 23.5 Å². The Kier molecular flexibility index (Phi) is 4.64. The monoisotopic (exact) mass is 338 g/mol. The highest BCUT2D eigenvalue weighted by atomic mass is 16.5. The highest BCUT2D eigenvalue weighted by Gasteiger charge is 2.38. The van der Waals surface area contributed by atoms with Crippen LogP contribution in [-0.4, -0.2) is 29.7 Å². The first kappa shape index (κ1) is 17.2. The summed E-state index contributed by atoms with van der Waals surface area (Å²) in [7, 11) is 1.57. The van der Waals surface area contributed by atoms with Crippen LogP contribution in [0.15, 0.2) is 48.5 Å². The first-order chi connectivity index (χ1) is 11.9. The zero-order chi connectivity index (χ0) is 18.0. The van der Waals surface area contributed by atoms with E-state index < -0.39 is 11.7 Å². The van der Waals surface area contributed by atoms with Crippen molar-refractivity contribution >= 4 is 11.9 Å². The van der Waals surface area contributed by atoms with Gasteiger partial charge in [-0.05, 0) is 37.6 Å². The van der Waals surface area contributed by atoms with E-state index in [0.717, 1.165) is 11.1 Å². The Morgan fingerprint density at radius 3 is 2.64 bits per heavy atom. The number of carbonyl (C=O) groups excluding carboxylic acids is 1. The van der Waals surface area contributed by atoms with Crippen LogP contribution in [0.3, 0.4) is 0 Å². The fourth-order valence-electron chi connectivity index (χ4n) is 2.90. The summed E-state index contributed by atoms with van der Waals surface area (Å²) >= 11 is 0. The van der Waals surface area contributed by atoms with E-state index >= 15 is 0 Å². The van der Waals surface area contributed by atoms with Crippen LogP contribution in [0.4, 0.5) is 0 Å². The molecule has 130 valence electrons. The highest BCUT2D eigenvalue weighted by molar-refractivity contribution is 6.09. The molecule has 1 N–H and O–H groups in total. The quantitative estimate of drug-likeness (QED) is 0.683. The van der Waals surface area contributed by atoms with Crippen molar-refractivity contribution in [2.45, 2.75) is 32.0 Å². The van der Waals surface area contributed by atoms with Gasteiger partial charge in [0, 0.05) is 12.0 Å². The minimum atomic E-state index is -0.766. The molecule has 4 nitrogen and oxygen atoms in total. The lowest BCUT2D eigenvalue weighted by Crippen LogP contribution is -2.46. The van der Waals surface area contributed by atoms with Gasteiger partial charge in [0.2, 0.25) is 0 Å². The normalized spacial score (nSPS) is 18.5. The summed E-state index contributed by atoms with van der Waals surface area (Å²) < 4.78 is 11.4. The molecule has 2 aromatic rings. The molecule has 0 amide bonds. The van der Waals surface area contributed by atoms with Gasteiger partial charge in [0.25, 0.3) is 0 Å². The molecule has 2 aromatic carbocycles. The summed E-state index contributed by atoms with van der Waals surface area (Å²) in [5.74, 6) is 0.973. The average molecular weight is 338 g/mol. The lowest BCUT2D eigenvalue weighted by molar-refractivity contribution is -0.0420. The Bertz CT molecular complexity index is 806. The number of hydrogen-bond acceptors (Lipinski definition) is 4. The molecule has 0 fully saturated rings. The second-order valence-electron chi connectivity index (χ2n) is 6.66. The van der Waals surface area contributed by atoms with Gasteiger partial charge >= 0.3 is 0 Å². The molecule has 1 aliphatic rings. The van der Waals surface area contributed by atoms with Gasteiger partial charge in [-0.2, -0.15) is 0 Å². The van der Waals surface area contributed by atoms with E-state index in [9.17, 15) is 9.90 Å². The maximum atomic E-state index is 12.7. The Labute approximate surface area is 147 Å².